The molecule has 0 bridgehead atoms. The second-order valence-corrected chi connectivity index (χ2v) is 6.20. The van der Waals surface area contributed by atoms with E-state index in [0.717, 1.165) is 13.2 Å². The van der Waals surface area contributed by atoms with Crippen LogP contribution in [0.1, 0.15) is 13.8 Å². The van der Waals surface area contributed by atoms with Crippen molar-refractivity contribution < 1.29 is 27.1 Å². The summed E-state index contributed by atoms with van der Waals surface area (Å²) in [5.74, 6) is -1.64. The zero-order valence-corrected chi connectivity index (χ0v) is 12.4. The van der Waals surface area contributed by atoms with Crippen molar-refractivity contribution in [3.8, 4) is 5.75 Å². The highest BCUT2D eigenvalue weighted by Crippen LogP contribution is 2.21. The predicted octanol–water partition coefficient (Wildman–Crippen LogP) is 1.06. The molecule has 0 aromatic heterocycles. The number of rotatable bonds is 5. The van der Waals surface area contributed by atoms with E-state index in [-0.39, 0.29) is 10.6 Å². The van der Waals surface area contributed by atoms with Gasteiger partial charge in [-0.3, -0.25) is 4.79 Å². The van der Waals surface area contributed by atoms with E-state index < -0.39 is 27.3 Å². The summed E-state index contributed by atoms with van der Waals surface area (Å²) in [6.45, 7) is 2.69. The Labute approximate surface area is 116 Å². The average molecular weight is 305 g/mol. The molecule has 6 nitrogen and oxygen atoms in total. The van der Waals surface area contributed by atoms with Gasteiger partial charge < -0.3 is 9.47 Å². The molecular weight excluding hydrogens is 289 g/mol. The van der Waals surface area contributed by atoms with Crippen molar-refractivity contribution in [2.75, 3.05) is 14.2 Å². The predicted molar refractivity (Wildman–Crippen MR) is 69.4 cm³/mol. The number of sulfonamides is 1. The summed E-state index contributed by atoms with van der Waals surface area (Å²) >= 11 is 0. The number of benzene rings is 1. The summed E-state index contributed by atoms with van der Waals surface area (Å²) in [6.07, 6.45) is 0. The van der Waals surface area contributed by atoms with Gasteiger partial charge in [-0.05, 0) is 32.0 Å². The minimum absolute atomic E-state index is 0.0730. The van der Waals surface area contributed by atoms with E-state index >= 15 is 0 Å². The van der Waals surface area contributed by atoms with Crippen LogP contribution in [-0.2, 0) is 19.6 Å². The first-order valence-corrected chi connectivity index (χ1v) is 7.08. The van der Waals surface area contributed by atoms with Crippen LogP contribution in [0.5, 0.6) is 5.75 Å². The number of hydrogen-bond donors (Lipinski definition) is 1. The first kappa shape index (κ1) is 16.4. The topological polar surface area (TPSA) is 81.7 Å². The molecule has 0 unspecified atom stereocenters. The number of carbonyl (C=O) groups excluding carboxylic acids is 1. The zero-order chi connectivity index (χ0) is 15.6. The molecule has 8 heteroatoms. The second-order valence-electron chi connectivity index (χ2n) is 4.52. The molecule has 0 spiro atoms. The van der Waals surface area contributed by atoms with E-state index in [1.165, 1.54) is 33.1 Å². The van der Waals surface area contributed by atoms with Gasteiger partial charge in [-0.2, -0.15) is 4.72 Å². The highest BCUT2D eigenvalue weighted by Gasteiger charge is 2.34. The number of ether oxygens (including phenoxy) is 2. The van der Waals surface area contributed by atoms with Gasteiger partial charge in [0.25, 0.3) is 0 Å². The molecule has 0 saturated carbocycles. The summed E-state index contributed by atoms with van der Waals surface area (Å²) in [4.78, 5) is 11.2. The molecular formula is C12H16FNO5S. The fourth-order valence-electron chi connectivity index (χ4n) is 1.51. The fourth-order valence-corrected chi connectivity index (χ4v) is 2.88. The van der Waals surface area contributed by atoms with Crippen LogP contribution < -0.4 is 9.46 Å². The first-order chi connectivity index (χ1) is 9.14. The van der Waals surface area contributed by atoms with Crippen molar-refractivity contribution >= 4 is 16.0 Å². The number of hydrogen-bond acceptors (Lipinski definition) is 5. The number of carbonyl (C=O) groups is 1. The number of halogens is 1. The largest absolute Gasteiger partial charge is 0.494 e. The molecule has 0 aliphatic heterocycles. The van der Waals surface area contributed by atoms with Crippen LogP contribution in [0, 0.1) is 5.82 Å². The lowest BCUT2D eigenvalue weighted by Crippen LogP contribution is -2.50. The van der Waals surface area contributed by atoms with Gasteiger partial charge in [0.15, 0.2) is 11.6 Å². The Morgan fingerprint density at radius 3 is 2.35 bits per heavy atom. The Bertz CT molecular complexity index is 612. The molecule has 1 aromatic rings. The van der Waals surface area contributed by atoms with Crippen LogP contribution in [0.15, 0.2) is 23.1 Å². The lowest BCUT2D eigenvalue weighted by Gasteiger charge is -2.22. The second kappa shape index (κ2) is 5.76. The maximum absolute atomic E-state index is 13.5. The minimum atomic E-state index is -4.07. The molecule has 0 aliphatic rings. The van der Waals surface area contributed by atoms with Gasteiger partial charge in [0, 0.05) is 0 Å². The highest BCUT2D eigenvalue weighted by molar-refractivity contribution is 7.89. The molecule has 1 aromatic carbocycles. The van der Waals surface area contributed by atoms with Crippen molar-refractivity contribution in [2.24, 2.45) is 0 Å². The molecule has 1 N–H and O–H groups in total. The standard InChI is InChI=1S/C12H16FNO5S/c1-12(2,11(15)19-4)14-20(16,17)8-5-6-10(18-3)9(13)7-8/h5-7,14H,1-4H3. The van der Waals surface area contributed by atoms with Crippen molar-refractivity contribution in [1.29, 1.82) is 0 Å². The number of methoxy groups -OCH3 is 2. The van der Waals surface area contributed by atoms with Gasteiger partial charge in [-0.25, -0.2) is 12.8 Å². The molecule has 0 atom stereocenters. The summed E-state index contributed by atoms with van der Waals surface area (Å²) in [5, 5.41) is 0. The van der Waals surface area contributed by atoms with Crippen molar-refractivity contribution in [2.45, 2.75) is 24.3 Å². The van der Waals surface area contributed by atoms with Crippen LogP contribution in [0.4, 0.5) is 4.39 Å². The molecule has 1 rings (SSSR count). The van der Waals surface area contributed by atoms with Gasteiger partial charge in [-0.1, -0.05) is 0 Å². The fraction of sp³-hybridized carbons (Fsp3) is 0.417. The maximum Gasteiger partial charge on any atom is 0.326 e. The Morgan fingerprint density at radius 2 is 1.90 bits per heavy atom. The Hall–Kier alpha value is -1.67. The van der Waals surface area contributed by atoms with Crippen LogP contribution in [-0.4, -0.2) is 34.1 Å². The molecule has 0 radical (unpaired) electrons. The normalized spacial score (nSPS) is 12.1. The third-order valence-electron chi connectivity index (χ3n) is 2.52. The molecule has 0 saturated heterocycles. The van der Waals surface area contributed by atoms with Gasteiger partial charge >= 0.3 is 5.97 Å². The van der Waals surface area contributed by atoms with Gasteiger partial charge in [0.1, 0.15) is 5.54 Å². The zero-order valence-electron chi connectivity index (χ0n) is 11.6. The van der Waals surface area contributed by atoms with Gasteiger partial charge in [0.05, 0.1) is 19.1 Å². The van der Waals surface area contributed by atoms with E-state index in [1.54, 1.807) is 0 Å². The number of nitrogens with one attached hydrogen (secondary N) is 1. The van der Waals surface area contributed by atoms with Gasteiger partial charge in [0.2, 0.25) is 10.0 Å². The first-order valence-electron chi connectivity index (χ1n) is 5.60. The quantitative estimate of drug-likeness (QED) is 0.823. The highest BCUT2D eigenvalue weighted by atomic mass is 32.2. The lowest BCUT2D eigenvalue weighted by molar-refractivity contribution is -0.146. The van der Waals surface area contributed by atoms with Crippen LogP contribution in [0.3, 0.4) is 0 Å². The van der Waals surface area contributed by atoms with Crippen molar-refractivity contribution in [3.63, 3.8) is 0 Å². The smallest absolute Gasteiger partial charge is 0.326 e. The third-order valence-corrected chi connectivity index (χ3v) is 4.17. The lowest BCUT2D eigenvalue weighted by atomic mass is 10.1. The van der Waals surface area contributed by atoms with Crippen LogP contribution in [0.25, 0.3) is 0 Å². The van der Waals surface area contributed by atoms with E-state index in [4.69, 9.17) is 4.74 Å². The molecule has 0 fully saturated rings. The summed E-state index contributed by atoms with van der Waals surface area (Å²) in [7, 11) is -1.65. The van der Waals surface area contributed by atoms with E-state index in [1.807, 2.05) is 0 Å². The Balaban J connectivity index is 3.12. The van der Waals surface area contributed by atoms with E-state index in [2.05, 4.69) is 9.46 Å². The summed E-state index contributed by atoms with van der Waals surface area (Å²) in [5.41, 5.74) is -1.47. The SMILES string of the molecule is COC(=O)C(C)(C)NS(=O)(=O)c1ccc(OC)c(F)c1. The summed E-state index contributed by atoms with van der Waals surface area (Å²) in [6, 6.07) is 3.18. The summed E-state index contributed by atoms with van der Waals surface area (Å²) < 4.78 is 49.1. The molecule has 0 aliphatic carbocycles. The maximum atomic E-state index is 13.5. The molecule has 0 heterocycles. The van der Waals surface area contributed by atoms with Crippen LogP contribution in [0.2, 0.25) is 0 Å². The third kappa shape index (κ3) is 3.45. The molecule has 0 amide bonds. The monoisotopic (exact) mass is 305 g/mol. The molecule has 20 heavy (non-hydrogen) atoms. The van der Waals surface area contributed by atoms with Gasteiger partial charge in [-0.15, -0.1) is 0 Å². The van der Waals surface area contributed by atoms with E-state index in [0.29, 0.717) is 0 Å². The van der Waals surface area contributed by atoms with Crippen LogP contribution >= 0.6 is 0 Å². The molecule has 112 valence electrons. The minimum Gasteiger partial charge on any atom is -0.494 e. The average Bonchev–Trinajstić information content (AvgIpc) is 2.36. The Kier molecular flexibility index (Phi) is 4.72. The number of esters is 1. The Morgan fingerprint density at radius 1 is 1.30 bits per heavy atom. The van der Waals surface area contributed by atoms with Crippen molar-refractivity contribution in [3.05, 3.63) is 24.0 Å². The van der Waals surface area contributed by atoms with E-state index in [9.17, 15) is 17.6 Å². The van der Waals surface area contributed by atoms with Crippen molar-refractivity contribution in [1.82, 2.24) is 4.72 Å².